The number of carbonyl (C=O) groups excluding carboxylic acids is 1. The van der Waals surface area contributed by atoms with Gasteiger partial charge in [0.25, 0.3) is 11.6 Å². The first-order chi connectivity index (χ1) is 9.33. The number of nitrogens with zero attached hydrogens (tertiary/aromatic N) is 2. The molecule has 0 atom stereocenters. The Balaban J connectivity index is 3.33. The lowest BCUT2D eigenvalue weighted by molar-refractivity contribution is -0.384. The zero-order chi connectivity index (χ0) is 15.4. The Labute approximate surface area is 121 Å². The number of hydrogen-bond acceptors (Lipinski definition) is 5. The third-order valence-electron chi connectivity index (χ3n) is 2.88. The highest BCUT2D eigenvalue weighted by Crippen LogP contribution is 2.33. The number of carbonyl (C=O) groups is 1. The molecule has 1 aromatic rings. The molecule has 0 spiro atoms. The number of anilines is 1. The molecule has 0 saturated carbocycles. The van der Waals surface area contributed by atoms with E-state index in [2.05, 4.69) is 5.43 Å². The van der Waals surface area contributed by atoms with Crippen molar-refractivity contribution in [3.63, 3.8) is 0 Å². The fraction of sp³-hybridized carbons (Fsp3) is 0.417. The highest BCUT2D eigenvalue weighted by Gasteiger charge is 2.24. The second-order valence-corrected chi connectivity index (χ2v) is 4.85. The van der Waals surface area contributed by atoms with Crippen molar-refractivity contribution in [2.45, 2.75) is 26.8 Å². The van der Waals surface area contributed by atoms with Gasteiger partial charge < -0.3 is 10.3 Å². The first-order valence-electron chi connectivity index (χ1n) is 6.09. The minimum Gasteiger partial charge on any atom is -0.336 e. The molecule has 0 radical (unpaired) electrons. The smallest absolute Gasteiger partial charge is 0.295 e. The van der Waals surface area contributed by atoms with E-state index in [0.717, 1.165) is 0 Å². The van der Waals surface area contributed by atoms with Crippen LogP contribution in [0.4, 0.5) is 11.4 Å². The molecular formula is C12H17ClN4O3. The Bertz CT molecular complexity index is 534. The molecule has 110 valence electrons. The van der Waals surface area contributed by atoms with Crippen molar-refractivity contribution in [2.24, 2.45) is 5.84 Å². The summed E-state index contributed by atoms with van der Waals surface area (Å²) in [7, 11) is 0. The summed E-state index contributed by atoms with van der Waals surface area (Å²) in [6.45, 7) is 6.07. The zero-order valence-corrected chi connectivity index (χ0v) is 12.3. The Morgan fingerprint density at radius 3 is 2.55 bits per heavy atom. The van der Waals surface area contributed by atoms with E-state index >= 15 is 0 Å². The van der Waals surface area contributed by atoms with Crippen molar-refractivity contribution in [3.8, 4) is 0 Å². The van der Waals surface area contributed by atoms with Gasteiger partial charge in [-0.2, -0.15) is 0 Å². The van der Waals surface area contributed by atoms with Crippen molar-refractivity contribution in [3.05, 3.63) is 32.8 Å². The maximum atomic E-state index is 12.3. The van der Waals surface area contributed by atoms with Crippen LogP contribution in [0.5, 0.6) is 0 Å². The van der Waals surface area contributed by atoms with E-state index in [4.69, 9.17) is 17.4 Å². The number of nitrogens with two attached hydrogens (primary N) is 1. The monoisotopic (exact) mass is 300 g/mol. The topological polar surface area (TPSA) is 102 Å². The SMILES string of the molecule is CCN(C(=O)c1cc(Cl)c(NN)c([N+](=O)[O-])c1)C(C)C. The summed E-state index contributed by atoms with van der Waals surface area (Å²) in [5.41, 5.74) is 2.00. The Morgan fingerprint density at radius 2 is 2.15 bits per heavy atom. The van der Waals surface area contributed by atoms with Crippen LogP contribution in [0.3, 0.4) is 0 Å². The summed E-state index contributed by atoms with van der Waals surface area (Å²) in [6, 6.07) is 2.53. The Morgan fingerprint density at radius 1 is 1.55 bits per heavy atom. The number of nitrogen functional groups attached to an aromatic ring is 1. The molecule has 1 amide bonds. The van der Waals surface area contributed by atoms with Gasteiger partial charge in [0.2, 0.25) is 0 Å². The lowest BCUT2D eigenvalue weighted by Gasteiger charge is -2.25. The van der Waals surface area contributed by atoms with Gasteiger partial charge in [0.1, 0.15) is 5.69 Å². The van der Waals surface area contributed by atoms with Gasteiger partial charge in [-0.05, 0) is 26.8 Å². The number of benzene rings is 1. The maximum Gasteiger partial charge on any atom is 0.295 e. The summed E-state index contributed by atoms with van der Waals surface area (Å²) in [6.07, 6.45) is 0. The van der Waals surface area contributed by atoms with Crippen LogP contribution < -0.4 is 11.3 Å². The number of halogens is 1. The summed E-state index contributed by atoms with van der Waals surface area (Å²) in [4.78, 5) is 24.3. The molecule has 3 N–H and O–H groups in total. The molecule has 0 aromatic heterocycles. The molecule has 1 rings (SSSR count). The third kappa shape index (κ3) is 3.17. The first-order valence-corrected chi connectivity index (χ1v) is 6.46. The van der Waals surface area contributed by atoms with Crippen molar-refractivity contribution in [2.75, 3.05) is 12.0 Å². The van der Waals surface area contributed by atoms with E-state index in [1.54, 1.807) is 4.90 Å². The third-order valence-corrected chi connectivity index (χ3v) is 3.18. The molecule has 7 nitrogen and oxygen atoms in total. The van der Waals surface area contributed by atoms with Gasteiger partial charge in [-0.3, -0.25) is 20.8 Å². The highest BCUT2D eigenvalue weighted by molar-refractivity contribution is 6.34. The number of nitro groups is 1. The second kappa shape index (κ2) is 6.53. The van der Waals surface area contributed by atoms with Gasteiger partial charge in [0.15, 0.2) is 0 Å². The lowest BCUT2D eigenvalue weighted by atomic mass is 10.1. The van der Waals surface area contributed by atoms with Crippen LogP contribution >= 0.6 is 11.6 Å². The first kappa shape index (κ1) is 16.2. The molecule has 0 aliphatic heterocycles. The number of nitrogens with one attached hydrogen (secondary N) is 1. The largest absolute Gasteiger partial charge is 0.336 e. The molecular weight excluding hydrogens is 284 g/mol. The van der Waals surface area contributed by atoms with Crippen LogP contribution in [0.15, 0.2) is 12.1 Å². The number of hydrazine groups is 1. The fourth-order valence-electron chi connectivity index (χ4n) is 1.91. The van der Waals surface area contributed by atoms with E-state index in [1.165, 1.54) is 12.1 Å². The van der Waals surface area contributed by atoms with E-state index in [9.17, 15) is 14.9 Å². The van der Waals surface area contributed by atoms with Gasteiger partial charge in [0.05, 0.1) is 9.95 Å². The fourth-order valence-corrected chi connectivity index (χ4v) is 2.18. The van der Waals surface area contributed by atoms with Gasteiger partial charge in [0, 0.05) is 24.2 Å². The molecule has 8 heteroatoms. The standard InChI is InChI=1S/C12H17ClN4O3/c1-4-16(7(2)3)12(18)8-5-9(13)11(15-14)10(6-8)17(19)20/h5-7,15H,4,14H2,1-3H3. The van der Waals surface area contributed by atoms with Gasteiger partial charge >= 0.3 is 0 Å². The van der Waals surface area contributed by atoms with E-state index < -0.39 is 4.92 Å². The van der Waals surface area contributed by atoms with Crippen LogP contribution in [0.25, 0.3) is 0 Å². The molecule has 0 aliphatic rings. The summed E-state index contributed by atoms with van der Waals surface area (Å²) < 4.78 is 0. The van der Waals surface area contributed by atoms with Gasteiger partial charge in [-0.15, -0.1) is 0 Å². The molecule has 0 bridgehead atoms. The number of nitro benzene ring substituents is 1. The van der Waals surface area contributed by atoms with Crippen molar-refractivity contribution >= 4 is 28.9 Å². The van der Waals surface area contributed by atoms with Crippen molar-refractivity contribution in [1.29, 1.82) is 0 Å². The molecule has 0 unspecified atom stereocenters. The molecule has 20 heavy (non-hydrogen) atoms. The number of amides is 1. The predicted molar refractivity (Wildman–Crippen MR) is 77.8 cm³/mol. The summed E-state index contributed by atoms with van der Waals surface area (Å²) in [5, 5.41) is 11.0. The normalized spacial score (nSPS) is 10.5. The molecule has 0 aliphatic carbocycles. The van der Waals surface area contributed by atoms with E-state index in [1.807, 2.05) is 20.8 Å². The molecule has 0 fully saturated rings. The van der Waals surface area contributed by atoms with Gasteiger partial charge in [-0.25, -0.2) is 0 Å². The summed E-state index contributed by atoms with van der Waals surface area (Å²) >= 11 is 5.93. The van der Waals surface area contributed by atoms with E-state index in [0.29, 0.717) is 6.54 Å². The van der Waals surface area contributed by atoms with Crippen LogP contribution in [-0.2, 0) is 0 Å². The maximum absolute atomic E-state index is 12.3. The Kier molecular flexibility index (Phi) is 5.29. The summed E-state index contributed by atoms with van der Waals surface area (Å²) in [5.74, 6) is 4.91. The van der Waals surface area contributed by atoms with Crippen molar-refractivity contribution < 1.29 is 9.72 Å². The second-order valence-electron chi connectivity index (χ2n) is 4.44. The van der Waals surface area contributed by atoms with Crippen LogP contribution in [0, 0.1) is 10.1 Å². The molecule has 0 saturated heterocycles. The van der Waals surface area contributed by atoms with Crippen LogP contribution in [-0.4, -0.2) is 28.3 Å². The average Bonchev–Trinajstić information content (AvgIpc) is 2.37. The van der Waals surface area contributed by atoms with Crippen LogP contribution in [0.1, 0.15) is 31.1 Å². The number of hydrogen-bond donors (Lipinski definition) is 2. The quantitative estimate of drug-likeness (QED) is 0.494. The molecule has 1 aromatic carbocycles. The average molecular weight is 301 g/mol. The predicted octanol–water partition coefficient (Wildman–Crippen LogP) is 2.40. The zero-order valence-electron chi connectivity index (χ0n) is 11.5. The minimum absolute atomic E-state index is 0.0131. The minimum atomic E-state index is -0.635. The van der Waals surface area contributed by atoms with E-state index in [-0.39, 0.29) is 33.9 Å². The van der Waals surface area contributed by atoms with Crippen LogP contribution in [0.2, 0.25) is 5.02 Å². The highest BCUT2D eigenvalue weighted by atomic mass is 35.5. The van der Waals surface area contributed by atoms with Gasteiger partial charge in [-0.1, -0.05) is 11.6 Å². The molecule has 0 heterocycles. The number of rotatable bonds is 5. The Hall–Kier alpha value is -1.86. The lowest BCUT2D eigenvalue weighted by Crippen LogP contribution is -2.36. The van der Waals surface area contributed by atoms with Crippen molar-refractivity contribution in [1.82, 2.24) is 4.90 Å².